The van der Waals surface area contributed by atoms with E-state index >= 15 is 0 Å². The molecule has 0 radical (unpaired) electrons. The molecule has 0 spiro atoms. The molecule has 130 valence electrons. The number of fused-ring (bicyclic) bond motifs is 1. The summed E-state index contributed by atoms with van der Waals surface area (Å²) in [5, 5.41) is 8.54. The Bertz CT molecular complexity index is 728. The van der Waals surface area contributed by atoms with Crippen LogP contribution in [0.3, 0.4) is 0 Å². The van der Waals surface area contributed by atoms with E-state index in [1.807, 2.05) is 23.9 Å². The van der Waals surface area contributed by atoms with Crippen LogP contribution >= 0.6 is 11.6 Å². The van der Waals surface area contributed by atoms with Crippen molar-refractivity contribution in [3.8, 4) is 11.5 Å². The topological polar surface area (TPSA) is 48.3 Å². The first kappa shape index (κ1) is 17.1. The van der Waals surface area contributed by atoms with Crippen molar-refractivity contribution < 1.29 is 9.47 Å². The molecule has 1 aromatic heterocycles. The van der Waals surface area contributed by atoms with Gasteiger partial charge in [-0.15, -0.1) is 0 Å². The van der Waals surface area contributed by atoms with Crippen LogP contribution in [0, 0.1) is 13.8 Å². The van der Waals surface area contributed by atoms with Crippen LogP contribution < -0.4 is 14.8 Å². The molecule has 24 heavy (non-hydrogen) atoms. The lowest BCUT2D eigenvalue weighted by atomic mass is 10.1. The summed E-state index contributed by atoms with van der Waals surface area (Å²) in [5.41, 5.74) is 4.76. The highest BCUT2D eigenvalue weighted by Gasteiger charge is 2.15. The van der Waals surface area contributed by atoms with E-state index in [1.165, 1.54) is 11.3 Å². The number of nitrogens with zero attached hydrogens (tertiary/aromatic N) is 2. The maximum atomic E-state index is 6.33. The SMILES string of the molecule is Cc1nn(C)c(C)c1CCNCc1cc(Cl)c2c(c1)OCCCO2. The van der Waals surface area contributed by atoms with Gasteiger partial charge in [-0.2, -0.15) is 5.10 Å². The number of ether oxygens (including phenoxy) is 2. The van der Waals surface area contributed by atoms with E-state index in [0.717, 1.165) is 42.9 Å². The number of rotatable bonds is 5. The van der Waals surface area contributed by atoms with Crippen LogP contribution in [0.1, 0.15) is 28.9 Å². The summed E-state index contributed by atoms with van der Waals surface area (Å²) >= 11 is 6.33. The second-order valence-corrected chi connectivity index (χ2v) is 6.56. The molecule has 5 nitrogen and oxygen atoms in total. The Labute approximate surface area is 147 Å². The van der Waals surface area contributed by atoms with E-state index in [-0.39, 0.29) is 0 Å². The first-order chi connectivity index (χ1) is 11.6. The fourth-order valence-corrected chi connectivity index (χ4v) is 3.30. The number of hydrogen-bond acceptors (Lipinski definition) is 4. The summed E-state index contributed by atoms with van der Waals surface area (Å²) in [6, 6.07) is 3.96. The highest BCUT2D eigenvalue weighted by molar-refractivity contribution is 6.32. The Morgan fingerprint density at radius 1 is 1.25 bits per heavy atom. The molecule has 0 amide bonds. The highest BCUT2D eigenvalue weighted by Crippen LogP contribution is 2.37. The Balaban J connectivity index is 1.59. The van der Waals surface area contributed by atoms with Crippen molar-refractivity contribution in [1.29, 1.82) is 0 Å². The van der Waals surface area contributed by atoms with Crippen LogP contribution in [-0.4, -0.2) is 29.5 Å². The molecule has 0 saturated heterocycles. The van der Waals surface area contributed by atoms with Gasteiger partial charge in [0.1, 0.15) is 0 Å². The van der Waals surface area contributed by atoms with Crippen molar-refractivity contribution in [3.05, 3.63) is 39.7 Å². The highest BCUT2D eigenvalue weighted by atomic mass is 35.5. The van der Waals surface area contributed by atoms with Gasteiger partial charge in [0, 0.05) is 25.7 Å². The van der Waals surface area contributed by atoms with Crippen LogP contribution in [0.25, 0.3) is 0 Å². The van der Waals surface area contributed by atoms with Gasteiger partial charge in [-0.3, -0.25) is 4.68 Å². The van der Waals surface area contributed by atoms with Crippen molar-refractivity contribution >= 4 is 11.6 Å². The molecule has 1 aliphatic rings. The fourth-order valence-electron chi connectivity index (χ4n) is 3.01. The van der Waals surface area contributed by atoms with Gasteiger partial charge >= 0.3 is 0 Å². The van der Waals surface area contributed by atoms with Gasteiger partial charge in [0.05, 0.1) is 23.9 Å². The minimum atomic E-state index is 0.616. The predicted molar refractivity (Wildman–Crippen MR) is 95.2 cm³/mol. The number of nitrogens with one attached hydrogen (secondary N) is 1. The third kappa shape index (κ3) is 3.68. The van der Waals surface area contributed by atoms with Gasteiger partial charge in [-0.1, -0.05) is 11.6 Å². The second-order valence-electron chi connectivity index (χ2n) is 6.16. The molecule has 0 bridgehead atoms. The van der Waals surface area contributed by atoms with Gasteiger partial charge < -0.3 is 14.8 Å². The lowest BCUT2D eigenvalue weighted by Crippen LogP contribution is -2.17. The summed E-state index contributed by atoms with van der Waals surface area (Å²) in [7, 11) is 1.99. The number of halogens is 1. The Hall–Kier alpha value is -1.72. The first-order valence-electron chi connectivity index (χ1n) is 8.34. The lowest BCUT2D eigenvalue weighted by molar-refractivity contribution is 0.297. The average molecular weight is 350 g/mol. The third-order valence-electron chi connectivity index (χ3n) is 4.40. The minimum Gasteiger partial charge on any atom is -0.489 e. The quantitative estimate of drug-likeness (QED) is 0.842. The maximum absolute atomic E-state index is 6.33. The predicted octanol–water partition coefficient (Wildman–Crippen LogP) is 3.18. The molecule has 0 atom stereocenters. The van der Waals surface area contributed by atoms with E-state index in [1.54, 1.807) is 0 Å². The summed E-state index contributed by atoms with van der Waals surface area (Å²) in [5.74, 6) is 1.41. The summed E-state index contributed by atoms with van der Waals surface area (Å²) in [6.45, 7) is 7.12. The molecule has 0 fully saturated rings. The van der Waals surface area contributed by atoms with E-state index < -0.39 is 0 Å². The Morgan fingerprint density at radius 2 is 2.04 bits per heavy atom. The number of aromatic nitrogens is 2. The largest absolute Gasteiger partial charge is 0.489 e. The van der Waals surface area contributed by atoms with Gasteiger partial charge in [0.2, 0.25) is 0 Å². The number of hydrogen-bond donors (Lipinski definition) is 1. The van der Waals surface area contributed by atoms with Crippen molar-refractivity contribution in [2.24, 2.45) is 7.05 Å². The molecule has 1 N–H and O–H groups in total. The van der Waals surface area contributed by atoms with Crippen molar-refractivity contribution in [1.82, 2.24) is 15.1 Å². The molecular formula is C18H24ClN3O2. The summed E-state index contributed by atoms with van der Waals surface area (Å²) < 4.78 is 13.3. The Kier molecular flexibility index (Phi) is 5.31. The molecule has 1 aliphatic heterocycles. The molecule has 0 unspecified atom stereocenters. The van der Waals surface area contributed by atoms with Gasteiger partial charge in [0.15, 0.2) is 11.5 Å². The van der Waals surface area contributed by atoms with Crippen LogP contribution in [0.5, 0.6) is 11.5 Å². The summed E-state index contributed by atoms with van der Waals surface area (Å²) in [4.78, 5) is 0. The average Bonchev–Trinajstić information content (AvgIpc) is 2.73. The van der Waals surface area contributed by atoms with Crippen LogP contribution in [0.4, 0.5) is 0 Å². The maximum Gasteiger partial charge on any atom is 0.179 e. The first-order valence-corrected chi connectivity index (χ1v) is 8.72. The zero-order valence-corrected chi connectivity index (χ0v) is 15.2. The van der Waals surface area contributed by atoms with Crippen LogP contribution in [0.15, 0.2) is 12.1 Å². The van der Waals surface area contributed by atoms with Gasteiger partial charge in [-0.25, -0.2) is 0 Å². The molecule has 2 aromatic rings. The second kappa shape index (κ2) is 7.45. The molecule has 3 rings (SSSR count). The smallest absolute Gasteiger partial charge is 0.179 e. The minimum absolute atomic E-state index is 0.616. The van der Waals surface area contributed by atoms with Crippen LogP contribution in [-0.2, 0) is 20.0 Å². The van der Waals surface area contributed by atoms with Crippen LogP contribution in [0.2, 0.25) is 5.02 Å². The van der Waals surface area contributed by atoms with E-state index in [0.29, 0.717) is 24.0 Å². The zero-order valence-electron chi connectivity index (χ0n) is 14.5. The molecular weight excluding hydrogens is 326 g/mol. The number of aryl methyl sites for hydroxylation is 2. The normalized spacial score (nSPS) is 13.8. The van der Waals surface area contributed by atoms with Crippen molar-refractivity contribution in [2.75, 3.05) is 19.8 Å². The summed E-state index contributed by atoms with van der Waals surface area (Å²) in [6.07, 6.45) is 1.84. The third-order valence-corrected chi connectivity index (χ3v) is 4.68. The number of benzene rings is 1. The zero-order chi connectivity index (χ0) is 17.1. The molecule has 2 heterocycles. The van der Waals surface area contributed by atoms with E-state index in [2.05, 4.69) is 24.3 Å². The molecule has 1 aromatic carbocycles. The molecule has 0 saturated carbocycles. The Morgan fingerprint density at radius 3 is 2.79 bits per heavy atom. The lowest BCUT2D eigenvalue weighted by Gasteiger charge is -2.12. The van der Waals surface area contributed by atoms with Crippen molar-refractivity contribution in [2.45, 2.75) is 33.2 Å². The van der Waals surface area contributed by atoms with Crippen molar-refractivity contribution in [3.63, 3.8) is 0 Å². The molecule has 0 aliphatic carbocycles. The standard InChI is InChI=1S/C18H24ClN3O2/c1-12-15(13(2)22(3)21-12)5-6-20-11-14-9-16(19)18-17(10-14)23-7-4-8-24-18/h9-10,20H,4-8,11H2,1-3H3. The van der Waals surface area contributed by atoms with E-state index in [9.17, 15) is 0 Å². The fraction of sp³-hybridized carbons (Fsp3) is 0.500. The van der Waals surface area contributed by atoms with Gasteiger partial charge in [0.25, 0.3) is 0 Å². The molecule has 6 heteroatoms. The van der Waals surface area contributed by atoms with Gasteiger partial charge in [-0.05, 0) is 50.1 Å². The van der Waals surface area contributed by atoms with E-state index in [4.69, 9.17) is 21.1 Å². The monoisotopic (exact) mass is 349 g/mol.